The second-order valence-electron chi connectivity index (χ2n) is 5.18. The molecule has 0 saturated heterocycles. The quantitative estimate of drug-likeness (QED) is 0.821. The predicted octanol–water partition coefficient (Wildman–Crippen LogP) is 2.38. The SMILES string of the molecule is O=C(N[C@H]1CC(F)(F)CC[C@@H]1O)c1ccc(C(F)(F)F)nc1. The van der Waals surface area contributed by atoms with Crippen LogP contribution in [-0.4, -0.2) is 34.1 Å². The fourth-order valence-corrected chi connectivity index (χ4v) is 2.21. The van der Waals surface area contributed by atoms with Crippen molar-refractivity contribution in [2.24, 2.45) is 0 Å². The average Bonchev–Trinajstić information content (AvgIpc) is 2.42. The molecule has 1 saturated carbocycles. The van der Waals surface area contributed by atoms with Crippen molar-refractivity contribution in [1.29, 1.82) is 0 Å². The Morgan fingerprint density at radius 2 is 2.05 bits per heavy atom. The zero-order valence-corrected chi connectivity index (χ0v) is 11.2. The monoisotopic (exact) mass is 324 g/mol. The number of alkyl halides is 5. The van der Waals surface area contributed by atoms with E-state index >= 15 is 0 Å². The van der Waals surface area contributed by atoms with Crippen LogP contribution in [0.15, 0.2) is 18.3 Å². The Morgan fingerprint density at radius 1 is 1.36 bits per heavy atom. The molecule has 0 bridgehead atoms. The van der Waals surface area contributed by atoms with Crippen LogP contribution in [0, 0.1) is 0 Å². The van der Waals surface area contributed by atoms with E-state index in [2.05, 4.69) is 10.3 Å². The van der Waals surface area contributed by atoms with Crippen LogP contribution >= 0.6 is 0 Å². The number of nitrogens with zero attached hydrogens (tertiary/aromatic N) is 1. The summed E-state index contributed by atoms with van der Waals surface area (Å²) in [5.74, 6) is -3.85. The van der Waals surface area contributed by atoms with Crippen LogP contribution in [0.25, 0.3) is 0 Å². The molecule has 4 nitrogen and oxygen atoms in total. The minimum absolute atomic E-state index is 0.163. The molecule has 1 fully saturated rings. The van der Waals surface area contributed by atoms with Gasteiger partial charge in [-0.2, -0.15) is 13.2 Å². The summed E-state index contributed by atoms with van der Waals surface area (Å²) in [6, 6.07) is 0.373. The molecule has 0 spiro atoms. The molecule has 2 atom stereocenters. The van der Waals surface area contributed by atoms with E-state index in [-0.39, 0.29) is 12.0 Å². The van der Waals surface area contributed by atoms with Crippen molar-refractivity contribution in [2.75, 3.05) is 0 Å². The lowest BCUT2D eigenvalue weighted by Gasteiger charge is -2.33. The van der Waals surface area contributed by atoms with Gasteiger partial charge in [0.1, 0.15) is 5.69 Å². The molecule has 0 aromatic carbocycles. The van der Waals surface area contributed by atoms with Gasteiger partial charge in [0.15, 0.2) is 0 Å². The highest BCUT2D eigenvalue weighted by molar-refractivity contribution is 5.94. The highest BCUT2D eigenvalue weighted by Crippen LogP contribution is 2.33. The number of carbonyl (C=O) groups excluding carboxylic acids is 1. The van der Waals surface area contributed by atoms with Gasteiger partial charge in [0, 0.05) is 19.0 Å². The molecule has 0 radical (unpaired) electrons. The minimum Gasteiger partial charge on any atom is -0.391 e. The van der Waals surface area contributed by atoms with Gasteiger partial charge in [-0.3, -0.25) is 9.78 Å². The number of amides is 1. The van der Waals surface area contributed by atoms with Gasteiger partial charge in [-0.15, -0.1) is 0 Å². The van der Waals surface area contributed by atoms with Crippen LogP contribution in [0.4, 0.5) is 22.0 Å². The third-order valence-electron chi connectivity index (χ3n) is 3.42. The van der Waals surface area contributed by atoms with E-state index in [1.54, 1.807) is 0 Å². The topological polar surface area (TPSA) is 62.2 Å². The lowest BCUT2D eigenvalue weighted by Crippen LogP contribution is -2.50. The molecule has 0 aliphatic heterocycles. The summed E-state index contributed by atoms with van der Waals surface area (Å²) in [6.45, 7) is 0. The van der Waals surface area contributed by atoms with Gasteiger partial charge in [0.05, 0.1) is 17.7 Å². The molecule has 22 heavy (non-hydrogen) atoms. The summed E-state index contributed by atoms with van der Waals surface area (Å²) >= 11 is 0. The van der Waals surface area contributed by atoms with Gasteiger partial charge < -0.3 is 10.4 Å². The molecule has 1 aliphatic rings. The first-order valence-corrected chi connectivity index (χ1v) is 6.48. The lowest BCUT2D eigenvalue weighted by molar-refractivity contribution is -0.141. The van der Waals surface area contributed by atoms with Crippen molar-refractivity contribution in [3.05, 3.63) is 29.6 Å². The van der Waals surface area contributed by atoms with Crippen molar-refractivity contribution in [3.63, 3.8) is 0 Å². The predicted molar refractivity (Wildman–Crippen MR) is 65.3 cm³/mol. The molecule has 1 aromatic heterocycles. The maximum absolute atomic E-state index is 13.3. The number of nitrogens with one attached hydrogen (secondary N) is 1. The van der Waals surface area contributed by atoms with Crippen LogP contribution in [0.3, 0.4) is 0 Å². The highest BCUT2D eigenvalue weighted by Gasteiger charge is 2.41. The Hall–Kier alpha value is -1.77. The van der Waals surface area contributed by atoms with Crippen LogP contribution in [0.5, 0.6) is 0 Å². The zero-order chi connectivity index (χ0) is 16.5. The summed E-state index contributed by atoms with van der Waals surface area (Å²) in [4.78, 5) is 15.0. The highest BCUT2D eigenvalue weighted by atomic mass is 19.4. The standard InChI is InChI=1S/C13H13F5N2O2/c14-12(15)4-3-9(21)8(5-12)20-11(22)7-1-2-10(19-6-7)13(16,17)18/h1-2,6,8-9,21H,3-5H2,(H,20,22)/t8-,9-/m0/s1. The molecule has 2 N–H and O–H groups in total. The van der Waals surface area contributed by atoms with E-state index in [0.717, 1.165) is 6.07 Å². The number of aliphatic hydroxyl groups is 1. The minimum atomic E-state index is -4.63. The second kappa shape index (κ2) is 5.79. The number of halogens is 5. The molecule has 1 amide bonds. The molecule has 122 valence electrons. The van der Waals surface area contributed by atoms with Gasteiger partial charge in [-0.05, 0) is 18.6 Å². The Kier molecular flexibility index (Phi) is 4.37. The first-order valence-electron chi connectivity index (χ1n) is 6.48. The van der Waals surface area contributed by atoms with Crippen LogP contribution in [0.1, 0.15) is 35.3 Å². The summed E-state index contributed by atoms with van der Waals surface area (Å²) in [5.41, 5.74) is -1.36. The number of hydrogen-bond donors (Lipinski definition) is 2. The number of carbonyl (C=O) groups is 1. The fraction of sp³-hybridized carbons (Fsp3) is 0.538. The van der Waals surface area contributed by atoms with Gasteiger partial charge >= 0.3 is 6.18 Å². The molecule has 2 rings (SSSR count). The third-order valence-corrected chi connectivity index (χ3v) is 3.42. The first-order chi connectivity index (χ1) is 10.1. The van der Waals surface area contributed by atoms with Crippen molar-refractivity contribution in [2.45, 2.75) is 43.5 Å². The molecule has 0 unspecified atom stereocenters. The molecule has 1 aromatic rings. The molecule has 9 heteroatoms. The van der Waals surface area contributed by atoms with E-state index in [1.165, 1.54) is 0 Å². The number of hydrogen-bond acceptors (Lipinski definition) is 3. The van der Waals surface area contributed by atoms with Crippen LogP contribution < -0.4 is 5.32 Å². The normalized spacial score (nSPS) is 24.8. The molecule has 1 aliphatic carbocycles. The van der Waals surface area contributed by atoms with Crippen LogP contribution in [0.2, 0.25) is 0 Å². The zero-order valence-electron chi connectivity index (χ0n) is 11.2. The van der Waals surface area contributed by atoms with E-state index < -0.39 is 48.7 Å². The smallest absolute Gasteiger partial charge is 0.391 e. The van der Waals surface area contributed by atoms with Gasteiger partial charge in [0.25, 0.3) is 5.91 Å². The molecular weight excluding hydrogens is 311 g/mol. The summed E-state index contributed by atoms with van der Waals surface area (Å²) < 4.78 is 63.6. The Balaban J connectivity index is 2.05. The van der Waals surface area contributed by atoms with E-state index in [9.17, 15) is 31.9 Å². The number of aromatic nitrogens is 1. The molecular formula is C13H13F5N2O2. The average molecular weight is 324 g/mol. The Bertz CT molecular complexity index is 544. The van der Waals surface area contributed by atoms with E-state index in [1.807, 2.05) is 0 Å². The van der Waals surface area contributed by atoms with Gasteiger partial charge in [-0.25, -0.2) is 8.78 Å². The number of pyridine rings is 1. The third kappa shape index (κ3) is 3.90. The number of rotatable bonds is 2. The Labute approximate surface area is 122 Å². The maximum Gasteiger partial charge on any atom is 0.433 e. The van der Waals surface area contributed by atoms with Crippen LogP contribution in [-0.2, 0) is 6.18 Å². The van der Waals surface area contributed by atoms with E-state index in [4.69, 9.17) is 0 Å². The summed E-state index contributed by atoms with van der Waals surface area (Å²) in [7, 11) is 0. The lowest BCUT2D eigenvalue weighted by atomic mass is 9.89. The fourth-order valence-electron chi connectivity index (χ4n) is 2.21. The van der Waals surface area contributed by atoms with Gasteiger partial charge in [0.2, 0.25) is 5.92 Å². The summed E-state index contributed by atoms with van der Waals surface area (Å²) in [5, 5.41) is 11.8. The maximum atomic E-state index is 13.3. The van der Waals surface area contributed by atoms with Crippen molar-refractivity contribution >= 4 is 5.91 Å². The second-order valence-corrected chi connectivity index (χ2v) is 5.18. The van der Waals surface area contributed by atoms with Crippen molar-refractivity contribution in [3.8, 4) is 0 Å². The van der Waals surface area contributed by atoms with E-state index in [0.29, 0.717) is 12.3 Å². The van der Waals surface area contributed by atoms with Crippen molar-refractivity contribution < 1.29 is 31.9 Å². The Morgan fingerprint density at radius 3 is 2.59 bits per heavy atom. The largest absolute Gasteiger partial charge is 0.433 e. The number of aliphatic hydroxyl groups excluding tert-OH is 1. The first kappa shape index (κ1) is 16.6. The molecule has 1 heterocycles. The van der Waals surface area contributed by atoms with Crippen molar-refractivity contribution in [1.82, 2.24) is 10.3 Å². The van der Waals surface area contributed by atoms with Gasteiger partial charge in [-0.1, -0.05) is 0 Å². The summed E-state index contributed by atoms with van der Waals surface area (Å²) in [6.07, 6.45) is -6.38.